The minimum atomic E-state index is -5.59. The van der Waals surface area contributed by atoms with Gasteiger partial charge in [-0.05, 0) is 5.92 Å². The van der Waals surface area contributed by atoms with E-state index in [0.717, 1.165) is 29.0 Å². The lowest BCUT2D eigenvalue weighted by atomic mass is 9.87. The second kappa shape index (κ2) is 20.4. The third kappa shape index (κ3) is 14.5. The SMILES string of the molecule is CC(C)C(NC(N)=O)C(=O)SCCNC(=O)CCNC(=O)C(O)C(C)(C)COP(=O)(O)OP(=O)(O)OCC1OC(n2cnc3c(N)ncnc32)C(O)C1OP(=O)(O)O. The number of primary amides is 1. The summed E-state index contributed by atoms with van der Waals surface area (Å²) in [6, 6.07) is -1.66. The smallest absolute Gasteiger partial charge is 0.386 e. The predicted octanol–water partition coefficient (Wildman–Crippen LogP) is -1.64. The molecule has 0 spiro atoms. The molecule has 0 saturated carbocycles. The van der Waals surface area contributed by atoms with Gasteiger partial charge in [0.15, 0.2) is 17.7 Å². The highest BCUT2D eigenvalue weighted by Crippen LogP contribution is 2.61. The second-order valence-electron chi connectivity index (χ2n) is 13.5. The van der Waals surface area contributed by atoms with Gasteiger partial charge in [0, 0.05) is 30.7 Å². The first-order valence-corrected chi connectivity index (χ1v) is 22.4. The summed E-state index contributed by atoms with van der Waals surface area (Å²) < 4.78 is 62.1. The molecule has 0 aliphatic carbocycles. The molecule has 3 rings (SSSR count). The van der Waals surface area contributed by atoms with Crippen LogP contribution in [0.25, 0.3) is 11.2 Å². The molecule has 1 fully saturated rings. The van der Waals surface area contributed by atoms with Gasteiger partial charge in [-0.1, -0.05) is 39.5 Å². The quantitative estimate of drug-likeness (QED) is 0.0466. The molecule has 8 atom stereocenters. The number of thioether (sulfide) groups is 1. The Morgan fingerprint density at radius 3 is 2.31 bits per heavy atom. The van der Waals surface area contributed by atoms with E-state index in [-0.39, 0.29) is 53.3 Å². The van der Waals surface area contributed by atoms with E-state index >= 15 is 0 Å². The van der Waals surface area contributed by atoms with Crippen molar-refractivity contribution in [1.82, 2.24) is 35.5 Å². The molecule has 4 amide bonds. The Morgan fingerprint density at radius 2 is 1.69 bits per heavy atom. The van der Waals surface area contributed by atoms with Crippen LogP contribution >= 0.6 is 35.2 Å². The molecule has 2 aromatic heterocycles. The topological polar surface area (TPSA) is 419 Å². The Bertz CT molecular complexity index is 1940. The number of carbonyl (C=O) groups is 4. The fraction of sp³-hybridized carbons (Fsp3) is 0.667. The van der Waals surface area contributed by atoms with Gasteiger partial charge in [0.25, 0.3) is 0 Å². The summed E-state index contributed by atoms with van der Waals surface area (Å²) in [7, 11) is -16.5. The van der Waals surface area contributed by atoms with Crippen molar-refractivity contribution in [1.29, 1.82) is 0 Å². The number of aromatic nitrogens is 4. The third-order valence-corrected chi connectivity index (χ3v) is 12.0. The van der Waals surface area contributed by atoms with Crippen molar-refractivity contribution in [2.75, 3.05) is 37.8 Å². The number of nitrogens with one attached hydrogen (secondary N) is 3. The summed E-state index contributed by atoms with van der Waals surface area (Å²) in [4.78, 5) is 99.1. The zero-order valence-corrected chi connectivity index (χ0v) is 34.7. The van der Waals surface area contributed by atoms with E-state index in [1.54, 1.807) is 13.8 Å². The fourth-order valence-electron chi connectivity index (χ4n) is 5.02. The Labute approximate surface area is 333 Å². The highest BCUT2D eigenvalue weighted by molar-refractivity contribution is 8.13. The molecule has 27 nitrogen and oxygen atoms in total. The van der Waals surface area contributed by atoms with E-state index in [1.165, 1.54) is 13.8 Å². The number of carbonyl (C=O) groups excluding carboxylic acids is 4. The maximum atomic E-state index is 12.7. The van der Waals surface area contributed by atoms with Crippen molar-refractivity contribution < 1.29 is 85.3 Å². The Hall–Kier alpha value is -3.17. The number of ether oxygens (including phenoxy) is 1. The van der Waals surface area contributed by atoms with Crippen LogP contribution in [0.4, 0.5) is 10.6 Å². The second-order valence-corrected chi connectivity index (χ2v) is 18.8. The summed E-state index contributed by atoms with van der Waals surface area (Å²) in [5.41, 5.74) is 9.30. The summed E-state index contributed by atoms with van der Waals surface area (Å²) in [6.45, 7) is 3.66. The Balaban J connectivity index is 1.48. The van der Waals surface area contributed by atoms with Gasteiger partial charge in [-0.2, -0.15) is 4.31 Å². The van der Waals surface area contributed by atoms with Crippen molar-refractivity contribution in [3.8, 4) is 0 Å². The molecular weight excluding hydrogens is 863 g/mol. The largest absolute Gasteiger partial charge is 0.481 e. The number of urea groups is 1. The average molecular weight is 910 g/mol. The monoisotopic (exact) mass is 909 g/mol. The molecule has 328 valence electrons. The van der Waals surface area contributed by atoms with Crippen molar-refractivity contribution in [3.05, 3.63) is 12.7 Å². The standard InChI is InChI=1S/C27H46N9O18P3S/c1-13(2)16(35-26(29)42)25(41)58-8-7-30-15(37)5-6-31-23(40)20(39)27(3,4)10-51-57(48,49)54-56(46,47)50-9-14-19(53-55(43,44)45)18(38)24(52-14)36-12-34-17-21(28)32-11-33-22(17)36/h11-14,16,18-20,24,38-39H,5-10H2,1-4H3,(H,30,37)(H,31,40)(H,46,47)(H,48,49)(H2,28,32,33)(H3,29,35,42)(H2,43,44,45). The highest BCUT2D eigenvalue weighted by atomic mass is 32.2. The van der Waals surface area contributed by atoms with Gasteiger partial charge >= 0.3 is 29.5 Å². The number of nitrogens with two attached hydrogens (primary N) is 2. The third-order valence-electron chi connectivity index (χ3n) is 7.96. The number of phosphoric ester groups is 3. The predicted molar refractivity (Wildman–Crippen MR) is 198 cm³/mol. The van der Waals surface area contributed by atoms with Crippen LogP contribution in [0.1, 0.15) is 40.3 Å². The summed E-state index contributed by atoms with van der Waals surface area (Å²) in [5.74, 6) is -1.62. The highest BCUT2D eigenvalue weighted by Gasteiger charge is 2.50. The minimum Gasteiger partial charge on any atom is -0.386 e. The zero-order valence-electron chi connectivity index (χ0n) is 31.2. The molecule has 1 saturated heterocycles. The number of hydrogen-bond donors (Lipinski definition) is 11. The van der Waals surface area contributed by atoms with Crippen LogP contribution in [0, 0.1) is 11.3 Å². The van der Waals surface area contributed by atoms with Gasteiger partial charge < -0.3 is 61.9 Å². The molecule has 58 heavy (non-hydrogen) atoms. The number of nitrogen functional groups attached to an aromatic ring is 1. The van der Waals surface area contributed by atoms with E-state index in [9.17, 15) is 62.7 Å². The molecule has 31 heteroatoms. The van der Waals surface area contributed by atoms with E-state index in [0.29, 0.717) is 0 Å². The number of amides is 4. The first-order valence-electron chi connectivity index (χ1n) is 16.8. The zero-order chi connectivity index (χ0) is 43.8. The van der Waals surface area contributed by atoms with Crippen molar-refractivity contribution in [3.63, 3.8) is 0 Å². The Kier molecular flexibility index (Phi) is 17.3. The number of nitrogens with zero attached hydrogens (tertiary/aromatic N) is 4. The number of aliphatic hydroxyl groups excluding tert-OH is 2. The normalized spacial score (nSPS) is 21.8. The van der Waals surface area contributed by atoms with Gasteiger partial charge in [0.05, 0.1) is 19.5 Å². The minimum absolute atomic E-state index is 0.0206. The van der Waals surface area contributed by atoms with Gasteiger partial charge in [0.2, 0.25) is 16.9 Å². The summed E-state index contributed by atoms with van der Waals surface area (Å²) >= 11 is 0.878. The molecule has 1 aliphatic rings. The van der Waals surface area contributed by atoms with Crippen LogP contribution in [-0.2, 0) is 50.7 Å². The lowest BCUT2D eigenvalue weighted by Gasteiger charge is -2.30. The van der Waals surface area contributed by atoms with Crippen LogP contribution in [0.2, 0.25) is 0 Å². The lowest BCUT2D eigenvalue weighted by molar-refractivity contribution is -0.137. The van der Waals surface area contributed by atoms with Crippen LogP contribution in [0.3, 0.4) is 0 Å². The fourth-order valence-corrected chi connectivity index (χ4v) is 8.77. The number of hydrogen-bond acceptors (Lipinski definition) is 19. The van der Waals surface area contributed by atoms with E-state index in [1.807, 2.05) is 0 Å². The van der Waals surface area contributed by atoms with Gasteiger partial charge in [-0.15, -0.1) is 0 Å². The first-order chi connectivity index (χ1) is 26.7. The van der Waals surface area contributed by atoms with Crippen molar-refractivity contribution in [2.24, 2.45) is 17.1 Å². The lowest BCUT2D eigenvalue weighted by Crippen LogP contribution is -2.46. The van der Waals surface area contributed by atoms with Crippen molar-refractivity contribution >= 4 is 75.2 Å². The van der Waals surface area contributed by atoms with Gasteiger partial charge in [0.1, 0.15) is 42.3 Å². The van der Waals surface area contributed by atoms with Crippen molar-refractivity contribution in [2.45, 2.75) is 70.8 Å². The number of rotatable bonds is 22. The van der Waals surface area contributed by atoms with E-state index in [2.05, 4.69) is 39.7 Å². The van der Waals surface area contributed by atoms with Gasteiger partial charge in [-0.3, -0.25) is 32.5 Å². The van der Waals surface area contributed by atoms with Crippen LogP contribution in [0.5, 0.6) is 0 Å². The molecule has 13 N–H and O–H groups in total. The van der Waals surface area contributed by atoms with Crippen LogP contribution in [-0.4, -0.2) is 135 Å². The maximum absolute atomic E-state index is 12.7. The number of phosphoric acid groups is 3. The number of aliphatic hydroxyl groups is 2. The molecule has 2 aromatic rings. The van der Waals surface area contributed by atoms with Crippen LogP contribution in [0.15, 0.2) is 12.7 Å². The molecule has 1 aliphatic heterocycles. The molecule has 3 heterocycles. The first kappa shape index (κ1) is 49.2. The number of anilines is 1. The molecule has 0 radical (unpaired) electrons. The molecule has 8 unspecified atom stereocenters. The number of fused-ring (bicyclic) bond motifs is 1. The Morgan fingerprint density at radius 1 is 1.03 bits per heavy atom. The molecule has 0 aromatic carbocycles. The molecular formula is C27H46N9O18P3S. The molecule has 0 bridgehead atoms. The van der Waals surface area contributed by atoms with E-state index < -0.39 is 96.6 Å². The van der Waals surface area contributed by atoms with Gasteiger partial charge in [-0.25, -0.2) is 33.4 Å². The maximum Gasteiger partial charge on any atom is 0.481 e. The number of imidazole rings is 1. The van der Waals surface area contributed by atoms with E-state index in [4.69, 9.17) is 25.3 Å². The summed E-state index contributed by atoms with van der Waals surface area (Å²) in [5, 5.41) is 28.3. The van der Waals surface area contributed by atoms with Crippen LogP contribution < -0.4 is 27.4 Å². The average Bonchev–Trinajstić information content (AvgIpc) is 3.66. The summed E-state index contributed by atoms with van der Waals surface area (Å²) in [6.07, 6.45) is -7.09.